The Labute approximate surface area is 85.5 Å². The van der Waals surface area contributed by atoms with E-state index in [1.54, 1.807) is 18.1 Å². The van der Waals surface area contributed by atoms with Gasteiger partial charge in [0, 0.05) is 0 Å². The molecular formula is C8H11N5S. The number of nitrogens with two attached hydrogens (primary N) is 1. The van der Waals surface area contributed by atoms with Crippen molar-refractivity contribution in [1.29, 1.82) is 0 Å². The minimum Gasteiger partial charge on any atom is -0.368 e. The zero-order valence-corrected chi connectivity index (χ0v) is 8.64. The number of imidazole rings is 1. The molecule has 0 aliphatic rings. The standard InChI is InChI=1S/C8H11N5S/c1-2-3-14-7-5-6(11-4-10-5)12-8(9)13-7/h4H,2-3H2,1H3,(H3,9,10,11,12,13). The Morgan fingerprint density at radius 1 is 1.50 bits per heavy atom. The monoisotopic (exact) mass is 209 g/mol. The van der Waals surface area contributed by atoms with Crippen molar-refractivity contribution in [2.45, 2.75) is 18.4 Å². The molecule has 0 fully saturated rings. The van der Waals surface area contributed by atoms with Crippen molar-refractivity contribution in [2.75, 3.05) is 11.5 Å². The summed E-state index contributed by atoms with van der Waals surface area (Å²) in [4.78, 5) is 15.3. The zero-order chi connectivity index (χ0) is 9.97. The summed E-state index contributed by atoms with van der Waals surface area (Å²) in [6.07, 6.45) is 2.70. The molecule has 3 N–H and O–H groups in total. The zero-order valence-electron chi connectivity index (χ0n) is 7.82. The van der Waals surface area contributed by atoms with Crippen LogP contribution in [0.3, 0.4) is 0 Å². The van der Waals surface area contributed by atoms with Gasteiger partial charge in [-0.25, -0.2) is 9.97 Å². The predicted octanol–water partition coefficient (Wildman–Crippen LogP) is 1.44. The van der Waals surface area contributed by atoms with Crippen LogP contribution in [0.1, 0.15) is 13.3 Å². The van der Waals surface area contributed by atoms with Gasteiger partial charge in [0.1, 0.15) is 10.5 Å². The van der Waals surface area contributed by atoms with E-state index in [0.29, 0.717) is 11.6 Å². The maximum atomic E-state index is 5.57. The molecule has 0 unspecified atom stereocenters. The van der Waals surface area contributed by atoms with Crippen LogP contribution in [0.15, 0.2) is 11.4 Å². The van der Waals surface area contributed by atoms with Crippen molar-refractivity contribution in [1.82, 2.24) is 19.9 Å². The molecule has 2 rings (SSSR count). The van der Waals surface area contributed by atoms with Crippen LogP contribution < -0.4 is 5.73 Å². The van der Waals surface area contributed by atoms with E-state index in [1.807, 2.05) is 0 Å². The lowest BCUT2D eigenvalue weighted by molar-refractivity contribution is 1.07. The fraction of sp³-hybridized carbons (Fsp3) is 0.375. The predicted molar refractivity (Wildman–Crippen MR) is 57.1 cm³/mol. The number of aromatic amines is 1. The number of hydrogen-bond acceptors (Lipinski definition) is 5. The summed E-state index contributed by atoms with van der Waals surface area (Å²) in [6, 6.07) is 0. The van der Waals surface area contributed by atoms with Gasteiger partial charge >= 0.3 is 0 Å². The van der Waals surface area contributed by atoms with Gasteiger partial charge in [0.2, 0.25) is 5.95 Å². The van der Waals surface area contributed by atoms with E-state index >= 15 is 0 Å². The smallest absolute Gasteiger partial charge is 0.223 e. The van der Waals surface area contributed by atoms with Crippen LogP contribution in [0.2, 0.25) is 0 Å². The van der Waals surface area contributed by atoms with E-state index in [9.17, 15) is 0 Å². The molecule has 74 valence electrons. The number of rotatable bonds is 3. The summed E-state index contributed by atoms with van der Waals surface area (Å²) >= 11 is 1.66. The van der Waals surface area contributed by atoms with Crippen LogP contribution in [0.5, 0.6) is 0 Å². The highest BCUT2D eigenvalue weighted by atomic mass is 32.2. The van der Waals surface area contributed by atoms with Gasteiger partial charge in [-0.05, 0) is 12.2 Å². The molecule has 0 saturated carbocycles. The summed E-state index contributed by atoms with van der Waals surface area (Å²) in [5, 5.41) is 0.857. The molecule has 6 heteroatoms. The molecule has 14 heavy (non-hydrogen) atoms. The maximum absolute atomic E-state index is 5.57. The lowest BCUT2D eigenvalue weighted by Gasteiger charge is -2.00. The number of hydrogen-bond donors (Lipinski definition) is 2. The number of nitrogens with one attached hydrogen (secondary N) is 1. The minimum atomic E-state index is 0.292. The fourth-order valence-electron chi connectivity index (χ4n) is 1.13. The number of nitrogens with zero attached hydrogens (tertiary/aromatic N) is 3. The molecule has 0 saturated heterocycles. The molecule has 0 atom stereocenters. The normalized spacial score (nSPS) is 10.9. The molecule has 0 aromatic carbocycles. The molecule has 0 amide bonds. The molecule has 0 spiro atoms. The lowest BCUT2D eigenvalue weighted by Crippen LogP contribution is -1.97. The first kappa shape index (κ1) is 9.26. The van der Waals surface area contributed by atoms with Crippen molar-refractivity contribution in [3.05, 3.63) is 6.33 Å². The number of anilines is 1. The Morgan fingerprint density at radius 2 is 2.36 bits per heavy atom. The van der Waals surface area contributed by atoms with E-state index in [2.05, 4.69) is 26.9 Å². The number of nitrogen functional groups attached to an aromatic ring is 1. The minimum absolute atomic E-state index is 0.292. The molecule has 5 nitrogen and oxygen atoms in total. The van der Waals surface area contributed by atoms with E-state index in [1.165, 1.54) is 0 Å². The first-order valence-electron chi connectivity index (χ1n) is 4.40. The van der Waals surface area contributed by atoms with Gasteiger partial charge in [-0.1, -0.05) is 6.92 Å². The summed E-state index contributed by atoms with van der Waals surface area (Å²) in [5.41, 5.74) is 7.08. The first-order chi connectivity index (χ1) is 6.81. The second kappa shape index (κ2) is 3.83. The third-order valence-electron chi connectivity index (χ3n) is 1.71. The Kier molecular flexibility index (Phi) is 2.53. The maximum Gasteiger partial charge on any atom is 0.223 e. The van der Waals surface area contributed by atoms with Crippen LogP contribution in [0.4, 0.5) is 5.95 Å². The highest BCUT2D eigenvalue weighted by Crippen LogP contribution is 2.23. The van der Waals surface area contributed by atoms with Gasteiger partial charge in [-0.3, -0.25) is 0 Å². The number of thioether (sulfide) groups is 1. The van der Waals surface area contributed by atoms with Gasteiger partial charge in [-0.15, -0.1) is 11.8 Å². The van der Waals surface area contributed by atoms with E-state index in [4.69, 9.17) is 5.73 Å². The average molecular weight is 209 g/mol. The summed E-state index contributed by atoms with van der Waals surface area (Å²) in [6.45, 7) is 2.12. The van der Waals surface area contributed by atoms with Crippen molar-refractivity contribution < 1.29 is 0 Å². The molecule has 2 heterocycles. The third kappa shape index (κ3) is 1.65. The van der Waals surface area contributed by atoms with E-state index in [-0.39, 0.29) is 0 Å². The highest BCUT2D eigenvalue weighted by molar-refractivity contribution is 7.99. The van der Waals surface area contributed by atoms with Crippen LogP contribution in [-0.4, -0.2) is 25.7 Å². The van der Waals surface area contributed by atoms with Crippen LogP contribution in [0.25, 0.3) is 11.2 Å². The molecule has 2 aromatic rings. The molecular weight excluding hydrogens is 198 g/mol. The highest BCUT2D eigenvalue weighted by Gasteiger charge is 2.08. The molecule has 0 aliphatic carbocycles. The Balaban J connectivity index is 2.44. The van der Waals surface area contributed by atoms with Crippen molar-refractivity contribution in [2.24, 2.45) is 0 Å². The second-order valence-corrected chi connectivity index (χ2v) is 3.92. The van der Waals surface area contributed by atoms with Crippen molar-refractivity contribution in [3.63, 3.8) is 0 Å². The van der Waals surface area contributed by atoms with Crippen LogP contribution in [0, 0.1) is 0 Å². The number of fused-ring (bicyclic) bond motifs is 1. The van der Waals surface area contributed by atoms with Crippen molar-refractivity contribution in [3.8, 4) is 0 Å². The Morgan fingerprint density at radius 3 is 3.14 bits per heavy atom. The van der Waals surface area contributed by atoms with Crippen LogP contribution >= 0.6 is 11.8 Å². The van der Waals surface area contributed by atoms with Gasteiger partial charge in [-0.2, -0.15) is 4.98 Å². The number of H-pyrrole nitrogens is 1. The molecule has 2 aromatic heterocycles. The van der Waals surface area contributed by atoms with Crippen molar-refractivity contribution >= 4 is 28.9 Å². The SMILES string of the molecule is CCCSc1nc(N)nc2[nH]cnc12. The van der Waals surface area contributed by atoms with E-state index < -0.39 is 0 Å². The quantitative estimate of drug-likeness (QED) is 0.590. The largest absolute Gasteiger partial charge is 0.368 e. The second-order valence-electron chi connectivity index (χ2n) is 2.84. The molecule has 0 aliphatic heterocycles. The molecule has 0 bridgehead atoms. The Hall–Kier alpha value is -1.30. The summed E-state index contributed by atoms with van der Waals surface area (Å²) < 4.78 is 0. The van der Waals surface area contributed by atoms with Crippen LogP contribution in [-0.2, 0) is 0 Å². The van der Waals surface area contributed by atoms with Gasteiger partial charge in [0.05, 0.1) is 6.33 Å². The topological polar surface area (TPSA) is 80.5 Å². The average Bonchev–Trinajstić information content (AvgIpc) is 2.61. The van der Waals surface area contributed by atoms with Gasteiger partial charge < -0.3 is 10.7 Å². The van der Waals surface area contributed by atoms with E-state index in [0.717, 1.165) is 22.7 Å². The lowest BCUT2D eigenvalue weighted by atomic mass is 10.5. The first-order valence-corrected chi connectivity index (χ1v) is 5.39. The third-order valence-corrected chi connectivity index (χ3v) is 2.88. The summed E-state index contributed by atoms with van der Waals surface area (Å²) in [5.74, 6) is 1.30. The fourth-order valence-corrected chi connectivity index (χ4v) is 1.97. The van der Waals surface area contributed by atoms with Gasteiger partial charge in [0.15, 0.2) is 5.65 Å². The molecule has 0 radical (unpaired) electrons. The summed E-state index contributed by atoms with van der Waals surface area (Å²) in [7, 11) is 0. The van der Waals surface area contributed by atoms with Gasteiger partial charge in [0.25, 0.3) is 0 Å². The number of aromatic nitrogens is 4. The Bertz CT molecular complexity index is 438.